The van der Waals surface area contributed by atoms with E-state index in [4.69, 9.17) is 0 Å². The molecule has 37 heteroatoms. The number of carbonyl (C=O) groups excluding carboxylic acids is 14. The number of nitrogens with two attached hydrogens (primary N) is 7. The molecule has 0 saturated carbocycles. The summed E-state index contributed by atoms with van der Waals surface area (Å²) in [5, 5.41) is 64.9. The minimum Gasteiger partial charge on any atom is -0.539 e. The van der Waals surface area contributed by atoms with Gasteiger partial charge in [0.1, 0.15) is 0 Å². The van der Waals surface area contributed by atoms with E-state index in [9.17, 15) is 103 Å². The molecule has 35 nitrogen and oxygen atoms in total. The van der Waals surface area contributed by atoms with Crippen LogP contribution in [0.1, 0.15) is 0 Å². The van der Waals surface area contributed by atoms with Crippen LogP contribution in [0.15, 0.2) is 0 Å². The smallest absolute Gasteiger partial charge is 0.539 e. The van der Waals surface area contributed by atoms with Crippen molar-refractivity contribution in [3.63, 3.8) is 0 Å². The van der Waals surface area contributed by atoms with E-state index in [0.29, 0.717) is 0 Å². The quantitative estimate of drug-likeness (QED) is 0.0679. The molecule has 0 aromatic heterocycles. The zero-order valence-electron chi connectivity index (χ0n) is 23.5. The Kier molecular flexibility index (Phi) is 57.1. The largest absolute Gasteiger partial charge is 4.00 e. The van der Waals surface area contributed by atoms with Gasteiger partial charge in [0.25, 0.3) is 0 Å². The summed E-state index contributed by atoms with van der Waals surface area (Å²) in [4.78, 5) is 154. The number of carbonyl (C=O) groups is 14. The summed E-state index contributed by atoms with van der Waals surface area (Å²) in [5.74, 6) is 4.14. The molecule has 51 heavy (non-hydrogen) atoms. The van der Waals surface area contributed by atoms with Crippen molar-refractivity contribution in [2.24, 2.45) is 41.3 Å². The van der Waals surface area contributed by atoms with Crippen LogP contribution in [0, 0.1) is 0 Å². The fourth-order valence-corrected chi connectivity index (χ4v) is 0.337. The molecule has 0 bridgehead atoms. The van der Waals surface area contributed by atoms with Gasteiger partial charge in [0.15, 0.2) is 41.8 Å². The molecule has 0 radical (unpaired) electrons. The molecule has 280 valence electrons. The summed E-state index contributed by atoms with van der Waals surface area (Å²) >= 11 is 0. The minimum atomic E-state index is -1.94. The first kappa shape index (κ1) is 66.9. The summed E-state index contributed by atoms with van der Waals surface area (Å²) < 4.78 is 0. The van der Waals surface area contributed by atoms with Crippen LogP contribution in [0.2, 0.25) is 0 Å². The van der Waals surface area contributed by atoms with Crippen LogP contribution in [0.25, 0.3) is 0 Å². The first-order chi connectivity index (χ1) is 22.3. The summed E-state index contributed by atoms with van der Waals surface area (Å²) in [6, 6.07) is 0. The third-order valence-corrected chi connectivity index (χ3v) is 1.92. The van der Waals surface area contributed by atoms with E-state index in [0.717, 1.165) is 0 Å². The average molecular weight is 803 g/mol. The van der Waals surface area contributed by atoms with Gasteiger partial charge in [0.2, 0.25) is 0 Å². The average Bonchev–Trinajstić information content (AvgIpc) is 3.06. The number of hydrogen-bond acceptors (Lipinski definition) is 35. The normalized spacial score (nSPS) is 7.27. The Hall–Kier alpha value is -6.45. The zero-order chi connectivity index (χ0) is 41.0. The van der Waals surface area contributed by atoms with Gasteiger partial charge in [-0.15, -0.1) is 0 Å². The summed E-state index contributed by atoms with van der Waals surface area (Å²) in [6.07, 6.45) is 0. The molecule has 0 atom stereocenters. The van der Waals surface area contributed by atoms with E-state index in [-0.39, 0.29) is 39.1 Å². The van der Waals surface area contributed by atoms with Crippen LogP contribution in [-0.4, -0.2) is 101 Å². The van der Waals surface area contributed by atoms with Crippen molar-refractivity contribution >= 4 is 101 Å². The molecule has 0 amide bonds. The van der Waals surface area contributed by atoms with E-state index in [1.165, 1.54) is 0 Å². The topological polar surface area (TPSA) is 647 Å². The van der Waals surface area contributed by atoms with Crippen LogP contribution in [-0.2, 0) is 123 Å². The molecule has 0 fully saturated rings. The number of aliphatic carboxylic acids is 7. The maximum Gasteiger partial charge on any atom is 4.00 e. The fourth-order valence-electron chi connectivity index (χ4n) is 0.337. The maximum absolute atomic E-state index is 9.50. The number of carboxylic acid groups (broad SMARTS) is 7. The third-order valence-electron chi connectivity index (χ3n) is 1.92. The standard InChI is InChI=1S/7C2H3NO4.Al.Ti/c7*3-7-2(6)1(4)5;;/h7*3H2,(H,4,5);;/q;;;;;;;+3;+4/p-7. The van der Waals surface area contributed by atoms with Crippen molar-refractivity contribution in [2.75, 3.05) is 0 Å². The van der Waals surface area contributed by atoms with Gasteiger partial charge in [-0.3, -0.25) is 0 Å². The first-order valence-electron chi connectivity index (χ1n) is 9.12. The van der Waals surface area contributed by atoms with Crippen LogP contribution in [0.5, 0.6) is 0 Å². The van der Waals surface area contributed by atoms with Crippen molar-refractivity contribution in [2.45, 2.75) is 0 Å². The van der Waals surface area contributed by atoms with Gasteiger partial charge in [0, 0.05) is 0 Å². The Labute approximate surface area is 300 Å². The Morgan fingerprint density at radius 3 is 0.314 bits per heavy atom. The Bertz CT molecular complexity index is 955. The molecular weight excluding hydrogens is 789 g/mol. The molecule has 0 saturated heterocycles. The van der Waals surface area contributed by atoms with Crippen molar-refractivity contribution in [1.29, 1.82) is 0 Å². The molecule has 0 aliphatic rings. The van der Waals surface area contributed by atoms with Gasteiger partial charge < -0.3 is 103 Å². The molecule has 0 spiro atoms. The molecule has 0 aromatic carbocycles. The van der Waals surface area contributed by atoms with Gasteiger partial charge in [-0.05, 0) is 0 Å². The fraction of sp³-hybridized carbons (Fsp3) is 0. The molecule has 0 unspecified atom stereocenters. The summed E-state index contributed by atoms with van der Waals surface area (Å²) in [5.41, 5.74) is 0. The van der Waals surface area contributed by atoms with Gasteiger partial charge in [0.05, 0.1) is 0 Å². The SMILES string of the molecule is NOC(=O)C(=O)[O-].NOC(=O)C(=O)[O-].NOC(=O)C(=O)[O-].NOC(=O)C(=O)[O-].NOC(=O)C(=O)[O-].NOC(=O)C(=O)[O-].NOC(=O)C(=O)[O-].[Al+3].[Ti+4]. The van der Waals surface area contributed by atoms with Crippen LogP contribution in [0.4, 0.5) is 0 Å². The van der Waals surface area contributed by atoms with Crippen LogP contribution < -0.4 is 77.0 Å². The monoisotopic (exact) mass is 803 g/mol. The second-order valence-electron chi connectivity index (χ2n) is 4.85. The van der Waals surface area contributed by atoms with Crippen molar-refractivity contribution in [3.8, 4) is 0 Å². The van der Waals surface area contributed by atoms with Crippen molar-refractivity contribution in [1.82, 2.24) is 0 Å². The summed E-state index contributed by atoms with van der Waals surface area (Å²) in [7, 11) is 0. The van der Waals surface area contributed by atoms with Gasteiger partial charge >= 0.3 is 80.9 Å². The number of rotatable bonds is 0. The van der Waals surface area contributed by atoms with Gasteiger partial charge in [-0.2, -0.15) is 41.3 Å². The van der Waals surface area contributed by atoms with Gasteiger partial charge in [-0.25, -0.2) is 33.6 Å². The van der Waals surface area contributed by atoms with Crippen molar-refractivity contribution in [3.05, 3.63) is 0 Å². The van der Waals surface area contributed by atoms with E-state index in [1.54, 1.807) is 0 Å². The predicted molar refractivity (Wildman–Crippen MR) is 113 cm³/mol. The number of carboxylic acids is 7. The van der Waals surface area contributed by atoms with Crippen LogP contribution >= 0.6 is 0 Å². The molecule has 0 aliphatic carbocycles. The molecular formula is C14H14AlN7O28Ti. The Morgan fingerprint density at radius 1 is 0.255 bits per heavy atom. The molecule has 0 heterocycles. The van der Waals surface area contributed by atoms with E-state index in [2.05, 4.69) is 75.1 Å². The van der Waals surface area contributed by atoms with Gasteiger partial charge in [-0.1, -0.05) is 0 Å². The molecule has 0 aromatic rings. The maximum atomic E-state index is 9.50. The third kappa shape index (κ3) is 59.5. The number of hydrogen-bond donors (Lipinski definition) is 7. The van der Waals surface area contributed by atoms with E-state index in [1.807, 2.05) is 0 Å². The molecule has 0 rings (SSSR count). The van der Waals surface area contributed by atoms with E-state index < -0.39 is 83.6 Å². The first-order valence-corrected chi connectivity index (χ1v) is 9.12. The van der Waals surface area contributed by atoms with Crippen LogP contribution in [0.3, 0.4) is 0 Å². The second-order valence-corrected chi connectivity index (χ2v) is 4.85. The summed E-state index contributed by atoms with van der Waals surface area (Å²) in [6.45, 7) is 0. The minimum absolute atomic E-state index is 0. The Balaban J connectivity index is -0.0000000573. The zero-order valence-corrected chi connectivity index (χ0v) is 26.3. The van der Waals surface area contributed by atoms with Crippen molar-refractivity contribution < 1.29 is 158 Å². The second kappa shape index (κ2) is 43.5. The van der Waals surface area contributed by atoms with E-state index >= 15 is 0 Å². The Morgan fingerprint density at radius 2 is 0.314 bits per heavy atom. The predicted octanol–water partition coefficient (Wildman–Crippen LogP) is -20.3. The molecule has 0 aliphatic heterocycles. The molecule has 14 N–H and O–H groups in total.